The summed E-state index contributed by atoms with van der Waals surface area (Å²) in [5.74, 6) is 1.45. The lowest BCUT2D eigenvalue weighted by molar-refractivity contribution is -0.136. The number of aromatic nitrogens is 5. The fourth-order valence-corrected chi connectivity index (χ4v) is 5.74. The van der Waals surface area contributed by atoms with Gasteiger partial charge in [-0.1, -0.05) is 0 Å². The van der Waals surface area contributed by atoms with E-state index in [4.69, 9.17) is 0 Å². The molecule has 10 nitrogen and oxygen atoms in total. The number of hydrogen-bond donors (Lipinski definition) is 2. The molecule has 4 aromatic rings. The Balaban J connectivity index is 1.19. The van der Waals surface area contributed by atoms with Gasteiger partial charge in [-0.2, -0.15) is 4.98 Å². The van der Waals surface area contributed by atoms with Crippen molar-refractivity contribution in [3.05, 3.63) is 41.9 Å². The average Bonchev–Trinajstić information content (AvgIpc) is 3.38. The molecule has 2 saturated heterocycles. The fraction of sp³-hybridized carbons (Fsp3) is 0.481. The van der Waals surface area contributed by atoms with Crippen LogP contribution in [-0.2, 0) is 4.79 Å². The third kappa shape index (κ3) is 4.29. The van der Waals surface area contributed by atoms with Gasteiger partial charge in [0.1, 0.15) is 0 Å². The SMILES string of the molecule is CCNc1nc(Nc2ccc3c(c2)c(C)cn3C2CCN(C3CN(C(C)=O)C3)CC2)nn2c(C)cnc12. The lowest BCUT2D eigenvalue weighted by atomic mass is 9.99. The van der Waals surface area contributed by atoms with Gasteiger partial charge < -0.3 is 20.1 Å². The third-order valence-corrected chi connectivity index (χ3v) is 7.88. The smallest absolute Gasteiger partial charge is 0.247 e. The highest BCUT2D eigenvalue weighted by Gasteiger charge is 2.35. The number of nitrogens with one attached hydrogen (secondary N) is 2. The van der Waals surface area contributed by atoms with Crippen LogP contribution in [0.1, 0.15) is 44.0 Å². The number of carbonyl (C=O) groups excluding carboxylic acids is 1. The molecule has 0 bridgehead atoms. The van der Waals surface area contributed by atoms with E-state index in [1.807, 2.05) is 29.5 Å². The van der Waals surface area contributed by atoms with Crippen molar-refractivity contribution < 1.29 is 4.79 Å². The molecule has 0 atom stereocenters. The average molecular weight is 502 g/mol. The molecule has 0 aliphatic carbocycles. The first kappa shape index (κ1) is 23.7. The molecule has 2 N–H and O–H groups in total. The number of amides is 1. The van der Waals surface area contributed by atoms with E-state index in [1.165, 1.54) is 16.5 Å². The van der Waals surface area contributed by atoms with E-state index in [9.17, 15) is 4.79 Å². The van der Waals surface area contributed by atoms with Gasteiger partial charge in [-0.15, -0.1) is 5.10 Å². The molecule has 3 aromatic heterocycles. The highest BCUT2D eigenvalue weighted by atomic mass is 16.2. The Morgan fingerprint density at radius 3 is 2.65 bits per heavy atom. The Bertz CT molecular complexity index is 1460. The molecule has 194 valence electrons. The molecule has 1 aromatic carbocycles. The second-order valence-corrected chi connectivity index (χ2v) is 10.4. The minimum atomic E-state index is 0.191. The molecule has 1 amide bonds. The van der Waals surface area contributed by atoms with Gasteiger partial charge in [0, 0.05) is 74.5 Å². The molecule has 5 heterocycles. The van der Waals surface area contributed by atoms with Gasteiger partial charge in [-0.25, -0.2) is 9.50 Å². The second kappa shape index (κ2) is 9.33. The van der Waals surface area contributed by atoms with Crippen LogP contribution in [0.3, 0.4) is 0 Å². The summed E-state index contributed by atoms with van der Waals surface area (Å²) >= 11 is 0. The summed E-state index contributed by atoms with van der Waals surface area (Å²) in [6.07, 6.45) is 6.37. The predicted octanol–water partition coefficient (Wildman–Crippen LogP) is 3.74. The predicted molar refractivity (Wildman–Crippen MR) is 146 cm³/mol. The van der Waals surface area contributed by atoms with Crippen molar-refractivity contribution in [2.24, 2.45) is 0 Å². The quantitative estimate of drug-likeness (QED) is 0.416. The maximum Gasteiger partial charge on any atom is 0.247 e. The lowest BCUT2D eigenvalue weighted by Gasteiger charge is -2.47. The number of rotatable bonds is 6. The van der Waals surface area contributed by atoms with Gasteiger partial charge in [-0.3, -0.25) is 9.69 Å². The van der Waals surface area contributed by atoms with Crippen LogP contribution in [0.4, 0.5) is 17.5 Å². The van der Waals surface area contributed by atoms with E-state index in [-0.39, 0.29) is 5.91 Å². The van der Waals surface area contributed by atoms with Crippen molar-refractivity contribution in [2.75, 3.05) is 43.4 Å². The first-order valence-corrected chi connectivity index (χ1v) is 13.2. The molecule has 2 aliphatic rings. The zero-order valence-corrected chi connectivity index (χ0v) is 22.0. The summed E-state index contributed by atoms with van der Waals surface area (Å²) in [6.45, 7) is 12.6. The van der Waals surface area contributed by atoms with Gasteiger partial charge in [-0.05, 0) is 57.4 Å². The number of fused-ring (bicyclic) bond motifs is 2. The van der Waals surface area contributed by atoms with Crippen LogP contribution in [0.2, 0.25) is 0 Å². The molecular formula is C27H35N9O. The van der Waals surface area contributed by atoms with Gasteiger partial charge >= 0.3 is 0 Å². The number of benzene rings is 1. The molecule has 0 spiro atoms. The van der Waals surface area contributed by atoms with Gasteiger partial charge in [0.25, 0.3) is 0 Å². The number of likely N-dealkylation sites (tertiary alicyclic amines) is 2. The third-order valence-electron chi connectivity index (χ3n) is 7.88. The minimum Gasteiger partial charge on any atom is -0.367 e. The van der Waals surface area contributed by atoms with E-state index in [0.717, 1.165) is 68.4 Å². The van der Waals surface area contributed by atoms with Crippen LogP contribution in [0.25, 0.3) is 16.6 Å². The summed E-state index contributed by atoms with van der Waals surface area (Å²) < 4.78 is 4.29. The molecule has 0 unspecified atom stereocenters. The van der Waals surface area contributed by atoms with Crippen molar-refractivity contribution in [1.82, 2.24) is 33.9 Å². The van der Waals surface area contributed by atoms with E-state index in [1.54, 1.807) is 6.92 Å². The van der Waals surface area contributed by atoms with Crippen molar-refractivity contribution >= 4 is 39.9 Å². The molecule has 0 saturated carbocycles. The summed E-state index contributed by atoms with van der Waals surface area (Å²) in [6, 6.07) is 7.54. The van der Waals surface area contributed by atoms with Crippen molar-refractivity contribution in [3.8, 4) is 0 Å². The van der Waals surface area contributed by atoms with Crippen molar-refractivity contribution in [1.29, 1.82) is 0 Å². The summed E-state index contributed by atoms with van der Waals surface area (Å²) in [7, 11) is 0. The second-order valence-electron chi connectivity index (χ2n) is 10.4. The maximum atomic E-state index is 11.5. The maximum absolute atomic E-state index is 11.5. The summed E-state index contributed by atoms with van der Waals surface area (Å²) in [5, 5.41) is 12.6. The highest BCUT2D eigenvalue weighted by Crippen LogP contribution is 2.33. The molecule has 2 fully saturated rings. The molecule has 37 heavy (non-hydrogen) atoms. The number of piperidine rings is 1. The minimum absolute atomic E-state index is 0.191. The number of anilines is 3. The highest BCUT2D eigenvalue weighted by molar-refractivity contribution is 5.87. The van der Waals surface area contributed by atoms with E-state index in [0.29, 0.717) is 18.0 Å². The number of carbonyl (C=O) groups is 1. The zero-order valence-electron chi connectivity index (χ0n) is 22.0. The van der Waals surface area contributed by atoms with Crippen LogP contribution < -0.4 is 10.6 Å². The van der Waals surface area contributed by atoms with Crippen LogP contribution in [0.15, 0.2) is 30.6 Å². The Kier molecular flexibility index (Phi) is 5.98. The molecule has 0 radical (unpaired) electrons. The summed E-state index contributed by atoms with van der Waals surface area (Å²) in [5.41, 5.74) is 5.19. The lowest BCUT2D eigenvalue weighted by Crippen LogP contribution is -2.61. The number of imidazole rings is 1. The Morgan fingerprint density at radius 1 is 1.14 bits per heavy atom. The van der Waals surface area contributed by atoms with Crippen LogP contribution >= 0.6 is 0 Å². The monoisotopic (exact) mass is 501 g/mol. The van der Waals surface area contributed by atoms with Crippen LogP contribution in [-0.4, -0.2) is 78.6 Å². The molecule has 10 heteroatoms. The molecular weight excluding hydrogens is 466 g/mol. The first-order chi connectivity index (χ1) is 17.9. The summed E-state index contributed by atoms with van der Waals surface area (Å²) in [4.78, 5) is 25.2. The number of hydrogen-bond acceptors (Lipinski definition) is 7. The standard InChI is InChI=1S/C27H35N9O/c1-5-28-25-26-29-13-18(3)36(26)32-27(31-25)30-20-6-7-24-23(12-20)17(2)14-35(24)21-8-10-33(11-9-21)22-15-34(16-22)19(4)37/h6-7,12-14,21-22H,5,8-11,15-16H2,1-4H3,(H2,28,30,31,32). The van der Waals surface area contributed by atoms with E-state index >= 15 is 0 Å². The molecule has 6 rings (SSSR count). The zero-order chi connectivity index (χ0) is 25.7. The Morgan fingerprint density at radius 2 is 1.92 bits per heavy atom. The van der Waals surface area contributed by atoms with Gasteiger partial charge in [0.15, 0.2) is 11.5 Å². The Hall–Kier alpha value is -3.66. The van der Waals surface area contributed by atoms with Crippen LogP contribution in [0.5, 0.6) is 0 Å². The van der Waals surface area contributed by atoms with Crippen LogP contribution in [0, 0.1) is 13.8 Å². The molecule has 2 aliphatic heterocycles. The normalized spacial score (nSPS) is 17.5. The first-order valence-electron chi connectivity index (χ1n) is 13.2. The number of aryl methyl sites for hydroxylation is 2. The number of nitrogens with zero attached hydrogens (tertiary/aromatic N) is 7. The van der Waals surface area contributed by atoms with E-state index in [2.05, 4.69) is 66.5 Å². The van der Waals surface area contributed by atoms with E-state index < -0.39 is 0 Å². The Labute approximate surface area is 216 Å². The van der Waals surface area contributed by atoms with Crippen molar-refractivity contribution in [3.63, 3.8) is 0 Å². The topological polar surface area (TPSA) is 95.6 Å². The largest absolute Gasteiger partial charge is 0.367 e. The van der Waals surface area contributed by atoms with Crippen molar-refractivity contribution in [2.45, 2.75) is 52.6 Å². The van der Waals surface area contributed by atoms with Gasteiger partial charge in [0.05, 0.1) is 11.9 Å². The fourth-order valence-electron chi connectivity index (χ4n) is 5.74. The van der Waals surface area contributed by atoms with Gasteiger partial charge in [0.2, 0.25) is 11.9 Å².